The van der Waals surface area contributed by atoms with Crippen LogP contribution in [0.5, 0.6) is 5.75 Å². The van der Waals surface area contributed by atoms with E-state index < -0.39 is 0 Å². The Kier molecular flexibility index (Phi) is 8.97. The highest BCUT2D eigenvalue weighted by molar-refractivity contribution is 7.97. The first-order valence-electron chi connectivity index (χ1n) is 11.8. The van der Waals surface area contributed by atoms with E-state index in [1.165, 1.54) is 21.6 Å². The summed E-state index contributed by atoms with van der Waals surface area (Å²) in [6.07, 6.45) is 4.22. The number of nitrogens with zero attached hydrogens (tertiary/aromatic N) is 2. The second-order valence-electron chi connectivity index (χ2n) is 8.38. The van der Waals surface area contributed by atoms with Crippen LogP contribution in [-0.2, 0) is 13.0 Å². The second kappa shape index (κ2) is 12.8. The number of hydrogen-bond acceptors (Lipinski definition) is 5. The maximum absolute atomic E-state index is 12.1. The summed E-state index contributed by atoms with van der Waals surface area (Å²) in [4.78, 5) is 17.4. The lowest BCUT2D eigenvalue weighted by molar-refractivity contribution is 0.251. The third kappa shape index (κ3) is 7.60. The Bertz CT molecular complexity index is 1260. The van der Waals surface area contributed by atoms with E-state index in [0.717, 1.165) is 17.7 Å². The fourth-order valence-corrected chi connectivity index (χ4v) is 4.47. The van der Waals surface area contributed by atoms with Gasteiger partial charge < -0.3 is 15.4 Å². The van der Waals surface area contributed by atoms with E-state index >= 15 is 0 Å². The minimum absolute atomic E-state index is 0.267. The first-order chi connectivity index (χ1) is 17.6. The predicted molar refractivity (Wildman–Crippen MR) is 147 cm³/mol. The number of benzene rings is 3. The maximum Gasteiger partial charge on any atom is 0.319 e. The fraction of sp³-hybridized carbons (Fsp3) is 0.172. The monoisotopic (exact) mass is 498 g/mol. The molecule has 0 aliphatic rings. The number of nitrogens with one attached hydrogen (secondary N) is 2. The highest BCUT2D eigenvalue weighted by atomic mass is 32.2. The number of aromatic nitrogens is 1. The molecule has 0 aliphatic heterocycles. The maximum atomic E-state index is 12.1. The van der Waals surface area contributed by atoms with Gasteiger partial charge in [0.05, 0.1) is 6.61 Å². The van der Waals surface area contributed by atoms with Gasteiger partial charge in [-0.15, -0.1) is 0 Å². The second-order valence-corrected chi connectivity index (χ2v) is 9.76. The number of urea groups is 1. The third-order valence-corrected chi connectivity index (χ3v) is 6.21. The zero-order chi connectivity index (χ0) is 25.2. The van der Waals surface area contributed by atoms with Crippen molar-refractivity contribution in [1.29, 1.82) is 0 Å². The van der Waals surface area contributed by atoms with Gasteiger partial charge in [0.25, 0.3) is 0 Å². The molecule has 0 fully saturated rings. The van der Waals surface area contributed by atoms with E-state index in [0.29, 0.717) is 18.8 Å². The Morgan fingerprint density at radius 1 is 0.972 bits per heavy atom. The standard InChI is InChI=1S/C29H30N4O2S/c1-33(2)36-27-10-5-9-24(19-27)28-11-4-3-8-23(28)16-18-35-26-14-12-25(13-15-26)32-29(34)31-21-22-7-6-17-30-20-22/h3-15,17,19-20H,16,18,21H2,1-2H3,(H2,31,32,34). The van der Waals surface area contributed by atoms with Gasteiger partial charge in [-0.25, -0.2) is 4.79 Å². The van der Waals surface area contributed by atoms with Crippen molar-refractivity contribution in [1.82, 2.24) is 14.6 Å². The molecule has 3 aromatic carbocycles. The number of ether oxygens (including phenoxy) is 1. The van der Waals surface area contributed by atoms with Gasteiger partial charge >= 0.3 is 6.03 Å². The van der Waals surface area contributed by atoms with Crippen LogP contribution in [0.3, 0.4) is 0 Å². The molecule has 0 saturated heterocycles. The van der Waals surface area contributed by atoms with Crippen molar-refractivity contribution >= 4 is 23.7 Å². The van der Waals surface area contributed by atoms with Gasteiger partial charge in [0.2, 0.25) is 0 Å². The van der Waals surface area contributed by atoms with Crippen molar-refractivity contribution in [3.05, 3.63) is 108 Å². The Labute approximate surface area is 216 Å². The third-order valence-electron chi connectivity index (χ3n) is 5.38. The minimum atomic E-state index is -0.267. The molecule has 36 heavy (non-hydrogen) atoms. The number of carbonyl (C=O) groups is 1. The molecule has 1 heterocycles. The average molecular weight is 499 g/mol. The summed E-state index contributed by atoms with van der Waals surface area (Å²) in [6, 6.07) is 28.0. The summed E-state index contributed by atoms with van der Waals surface area (Å²) in [5, 5.41) is 5.65. The minimum Gasteiger partial charge on any atom is -0.493 e. The Morgan fingerprint density at radius 2 is 1.81 bits per heavy atom. The molecule has 0 spiro atoms. The Morgan fingerprint density at radius 3 is 2.58 bits per heavy atom. The SMILES string of the molecule is CN(C)Sc1cccc(-c2ccccc2CCOc2ccc(NC(=O)NCc3cccnc3)cc2)c1. The molecule has 1 aromatic heterocycles. The number of hydrogen-bond donors (Lipinski definition) is 2. The Hall–Kier alpha value is -3.81. The normalized spacial score (nSPS) is 10.8. The Balaban J connectivity index is 1.29. The van der Waals surface area contributed by atoms with Crippen LogP contribution in [0, 0.1) is 0 Å². The van der Waals surface area contributed by atoms with Crippen molar-refractivity contribution in [2.24, 2.45) is 0 Å². The number of anilines is 1. The number of amides is 2. The van der Waals surface area contributed by atoms with Crippen LogP contribution >= 0.6 is 11.9 Å². The van der Waals surface area contributed by atoms with Crippen molar-refractivity contribution in [2.45, 2.75) is 17.9 Å². The molecule has 0 aliphatic carbocycles. The molecule has 4 aromatic rings. The van der Waals surface area contributed by atoms with Crippen LogP contribution in [-0.4, -0.2) is 36.0 Å². The highest BCUT2D eigenvalue weighted by Gasteiger charge is 2.07. The number of rotatable bonds is 10. The summed E-state index contributed by atoms with van der Waals surface area (Å²) >= 11 is 1.71. The van der Waals surface area contributed by atoms with E-state index in [-0.39, 0.29) is 6.03 Å². The molecule has 4 rings (SSSR count). The van der Waals surface area contributed by atoms with Crippen LogP contribution in [0.15, 0.2) is 102 Å². The van der Waals surface area contributed by atoms with Gasteiger partial charge in [0, 0.05) is 35.9 Å². The van der Waals surface area contributed by atoms with Crippen molar-refractivity contribution in [2.75, 3.05) is 26.0 Å². The van der Waals surface area contributed by atoms with Crippen LogP contribution < -0.4 is 15.4 Å². The van der Waals surface area contributed by atoms with E-state index in [2.05, 4.69) is 68.5 Å². The lowest BCUT2D eigenvalue weighted by Gasteiger charge is -2.13. The topological polar surface area (TPSA) is 66.5 Å². The molecule has 0 saturated carbocycles. The molecule has 0 atom stereocenters. The fourth-order valence-electron chi connectivity index (χ4n) is 3.72. The first kappa shape index (κ1) is 25.3. The molecule has 0 radical (unpaired) electrons. The van der Waals surface area contributed by atoms with E-state index in [1.54, 1.807) is 24.3 Å². The molecule has 2 amide bonds. The summed E-state index contributed by atoms with van der Waals surface area (Å²) in [7, 11) is 4.09. The van der Waals surface area contributed by atoms with Crippen LogP contribution in [0.1, 0.15) is 11.1 Å². The van der Waals surface area contributed by atoms with Gasteiger partial charge in [-0.1, -0.05) is 42.5 Å². The van der Waals surface area contributed by atoms with Crippen LogP contribution in [0.4, 0.5) is 10.5 Å². The molecule has 0 unspecified atom stereocenters. The molecular weight excluding hydrogens is 468 g/mol. The molecule has 6 nitrogen and oxygen atoms in total. The molecule has 7 heteroatoms. The zero-order valence-corrected chi connectivity index (χ0v) is 21.3. The quantitative estimate of drug-likeness (QED) is 0.253. The summed E-state index contributed by atoms with van der Waals surface area (Å²) in [6.45, 7) is 0.975. The van der Waals surface area contributed by atoms with Gasteiger partial charge in [0.1, 0.15) is 5.75 Å². The van der Waals surface area contributed by atoms with Gasteiger partial charge in [-0.2, -0.15) is 0 Å². The lowest BCUT2D eigenvalue weighted by atomic mass is 9.98. The highest BCUT2D eigenvalue weighted by Crippen LogP contribution is 2.29. The molecule has 0 bridgehead atoms. The summed E-state index contributed by atoms with van der Waals surface area (Å²) in [5.74, 6) is 0.762. The molecule has 2 N–H and O–H groups in total. The number of pyridine rings is 1. The first-order valence-corrected chi connectivity index (χ1v) is 12.5. The van der Waals surface area contributed by atoms with Crippen molar-refractivity contribution in [3.8, 4) is 16.9 Å². The van der Waals surface area contributed by atoms with Crippen molar-refractivity contribution in [3.63, 3.8) is 0 Å². The predicted octanol–water partition coefficient (Wildman–Crippen LogP) is 6.26. The summed E-state index contributed by atoms with van der Waals surface area (Å²) < 4.78 is 8.09. The molecule has 184 valence electrons. The van der Waals surface area contributed by atoms with Crippen LogP contribution in [0.25, 0.3) is 11.1 Å². The van der Waals surface area contributed by atoms with E-state index in [1.807, 2.05) is 50.5 Å². The largest absolute Gasteiger partial charge is 0.493 e. The van der Waals surface area contributed by atoms with E-state index in [9.17, 15) is 4.79 Å². The smallest absolute Gasteiger partial charge is 0.319 e. The average Bonchev–Trinajstić information content (AvgIpc) is 2.89. The van der Waals surface area contributed by atoms with Gasteiger partial charge in [-0.3, -0.25) is 9.29 Å². The lowest BCUT2D eigenvalue weighted by Crippen LogP contribution is -2.28. The number of carbonyl (C=O) groups excluding carboxylic acids is 1. The molecular formula is C29H30N4O2S. The van der Waals surface area contributed by atoms with Gasteiger partial charge in [0.15, 0.2) is 0 Å². The van der Waals surface area contributed by atoms with E-state index in [4.69, 9.17) is 4.74 Å². The van der Waals surface area contributed by atoms with Gasteiger partial charge in [-0.05, 0) is 90.8 Å². The summed E-state index contributed by atoms with van der Waals surface area (Å²) in [5.41, 5.74) is 5.31. The van der Waals surface area contributed by atoms with Crippen molar-refractivity contribution < 1.29 is 9.53 Å². The van der Waals surface area contributed by atoms with Crippen LogP contribution in [0.2, 0.25) is 0 Å². The zero-order valence-electron chi connectivity index (χ0n) is 20.5.